The number of hydrogen-bond donors (Lipinski definition) is 2. The first kappa shape index (κ1) is 10.5. The highest BCUT2D eigenvalue weighted by Crippen LogP contribution is 2.23. The summed E-state index contributed by atoms with van der Waals surface area (Å²) in [4.78, 5) is 0. The molecule has 1 aromatic rings. The van der Waals surface area contributed by atoms with Crippen molar-refractivity contribution in [1.29, 1.82) is 0 Å². The van der Waals surface area contributed by atoms with Crippen molar-refractivity contribution >= 4 is 21.6 Å². The van der Waals surface area contributed by atoms with Crippen molar-refractivity contribution < 1.29 is 5.11 Å². The molecular weight excluding hydrogens is 230 g/mol. The molecule has 13 heavy (non-hydrogen) atoms. The predicted molar refractivity (Wildman–Crippen MR) is 59.1 cm³/mol. The van der Waals surface area contributed by atoms with Gasteiger partial charge in [-0.1, -0.05) is 22.0 Å². The van der Waals surface area contributed by atoms with Crippen molar-refractivity contribution in [2.75, 3.05) is 18.5 Å². The number of aliphatic hydroxyl groups excluding tert-OH is 1. The molecule has 0 fully saturated rings. The molecule has 1 aromatic carbocycles. The Labute approximate surface area is 87.1 Å². The van der Waals surface area contributed by atoms with E-state index in [2.05, 4.69) is 28.2 Å². The van der Waals surface area contributed by atoms with Crippen LogP contribution >= 0.6 is 15.9 Å². The molecule has 0 saturated heterocycles. The van der Waals surface area contributed by atoms with E-state index in [-0.39, 0.29) is 6.61 Å². The fourth-order valence-corrected chi connectivity index (χ4v) is 1.47. The zero-order valence-electron chi connectivity index (χ0n) is 7.68. The fourth-order valence-electron chi connectivity index (χ4n) is 1.10. The Kier molecular flexibility index (Phi) is 4.25. The van der Waals surface area contributed by atoms with Crippen molar-refractivity contribution in [2.45, 2.75) is 13.3 Å². The molecule has 72 valence electrons. The van der Waals surface area contributed by atoms with Crippen LogP contribution in [-0.2, 0) is 0 Å². The average molecular weight is 244 g/mol. The molecule has 2 nitrogen and oxygen atoms in total. The molecule has 0 amide bonds. The summed E-state index contributed by atoms with van der Waals surface area (Å²) in [5.74, 6) is 0. The lowest BCUT2D eigenvalue weighted by molar-refractivity contribution is 0.292. The molecule has 0 aliphatic carbocycles. The van der Waals surface area contributed by atoms with Crippen LogP contribution in [0, 0.1) is 6.92 Å². The summed E-state index contributed by atoms with van der Waals surface area (Å²) >= 11 is 3.47. The van der Waals surface area contributed by atoms with Gasteiger partial charge in [-0.3, -0.25) is 0 Å². The molecule has 3 heteroatoms. The molecule has 0 aliphatic rings. The Morgan fingerprint density at radius 1 is 1.46 bits per heavy atom. The van der Waals surface area contributed by atoms with Gasteiger partial charge in [0.25, 0.3) is 0 Å². The molecule has 0 aliphatic heterocycles. The van der Waals surface area contributed by atoms with Gasteiger partial charge in [-0.25, -0.2) is 0 Å². The van der Waals surface area contributed by atoms with Crippen LogP contribution < -0.4 is 5.32 Å². The number of rotatable bonds is 4. The molecule has 0 spiro atoms. The molecule has 0 aromatic heterocycles. The number of benzene rings is 1. The number of nitrogens with one attached hydrogen (secondary N) is 1. The first-order valence-electron chi connectivity index (χ1n) is 4.35. The normalized spacial score (nSPS) is 10.1. The quantitative estimate of drug-likeness (QED) is 0.798. The van der Waals surface area contributed by atoms with E-state index in [4.69, 9.17) is 5.11 Å². The van der Waals surface area contributed by atoms with E-state index in [1.54, 1.807) is 0 Å². The summed E-state index contributed by atoms with van der Waals surface area (Å²) in [6.07, 6.45) is 0.784. The second-order valence-corrected chi connectivity index (χ2v) is 3.77. The summed E-state index contributed by atoms with van der Waals surface area (Å²) in [6.45, 7) is 3.11. The van der Waals surface area contributed by atoms with Crippen LogP contribution in [0.25, 0.3) is 0 Å². The molecular formula is C10H14BrNO. The van der Waals surface area contributed by atoms with Gasteiger partial charge in [0.2, 0.25) is 0 Å². The minimum Gasteiger partial charge on any atom is -0.396 e. The lowest BCUT2D eigenvalue weighted by atomic mass is 10.2. The Bertz CT molecular complexity index is 276. The topological polar surface area (TPSA) is 32.3 Å². The van der Waals surface area contributed by atoms with E-state index in [0.717, 1.165) is 23.1 Å². The Morgan fingerprint density at radius 3 is 2.92 bits per heavy atom. The third-order valence-electron chi connectivity index (χ3n) is 1.92. The van der Waals surface area contributed by atoms with Gasteiger partial charge in [-0.15, -0.1) is 0 Å². The predicted octanol–water partition coefficient (Wildman–Crippen LogP) is 2.55. The van der Waals surface area contributed by atoms with E-state index in [1.165, 1.54) is 5.56 Å². The van der Waals surface area contributed by atoms with Crippen LogP contribution in [0.2, 0.25) is 0 Å². The van der Waals surface area contributed by atoms with Gasteiger partial charge in [0, 0.05) is 23.3 Å². The highest BCUT2D eigenvalue weighted by atomic mass is 79.9. The lowest BCUT2D eigenvalue weighted by Gasteiger charge is -2.09. The smallest absolute Gasteiger partial charge is 0.0447 e. The van der Waals surface area contributed by atoms with Crippen LogP contribution in [0.3, 0.4) is 0 Å². The molecule has 0 unspecified atom stereocenters. The fraction of sp³-hybridized carbons (Fsp3) is 0.400. The molecule has 0 radical (unpaired) electrons. The number of anilines is 1. The molecule has 2 N–H and O–H groups in total. The van der Waals surface area contributed by atoms with Crippen molar-refractivity contribution in [3.05, 3.63) is 28.2 Å². The van der Waals surface area contributed by atoms with E-state index >= 15 is 0 Å². The summed E-state index contributed by atoms with van der Waals surface area (Å²) in [6, 6.07) is 6.06. The summed E-state index contributed by atoms with van der Waals surface area (Å²) in [5, 5.41) is 11.9. The van der Waals surface area contributed by atoms with Crippen molar-refractivity contribution in [1.82, 2.24) is 0 Å². The zero-order valence-corrected chi connectivity index (χ0v) is 9.26. The summed E-state index contributed by atoms with van der Waals surface area (Å²) in [7, 11) is 0. The van der Waals surface area contributed by atoms with Gasteiger partial charge < -0.3 is 10.4 Å². The minimum absolute atomic E-state index is 0.236. The van der Waals surface area contributed by atoms with Crippen molar-refractivity contribution in [3.63, 3.8) is 0 Å². The second kappa shape index (κ2) is 5.25. The van der Waals surface area contributed by atoms with Crippen molar-refractivity contribution in [2.24, 2.45) is 0 Å². The maximum atomic E-state index is 8.62. The highest BCUT2D eigenvalue weighted by molar-refractivity contribution is 9.10. The zero-order chi connectivity index (χ0) is 9.68. The minimum atomic E-state index is 0.236. The third kappa shape index (κ3) is 3.01. The van der Waals surface area contributed by atoms with E-state index < -0.39 is 0 Å². The molecule has 0 bridgehead atoms. The number of hydrogen-bond acceptors (Lipinski definition) is 2. The van der Waals surface area contributed by atoms with Crippen LogP contribution in [0.5, 0.6) is 0 Å². The maximum absolute atomic E-state index is 8.62. The number of aliphatic hydroxyl groups is 1. The Balaban J connectivity index is 2.61. The lowest BCUT2D eigenvalue weighted by Crippen LogP contribution is -2.04. The van der Waals surface area contributed by atoms with E-state index in [1.807, 2.05) is 18.2 Å². The van der Waals surface area contributed by atoms with E-state index in [0.29, 0.717) is 0 Å². The SMILES string of the molecule is Cc1c(Br)cccc1NCCCO. The van der Waals surface area contributed by atoms with E-state index in [9.17, 15) is 0 Å². The van der Waals surface area contributed by atoms with Gasteiger partial charge in [-0.05, 0) is 31.0 Å². The molecule has 1 rings (SSSR count). The van der Waals surface area contributed by atoms with Gasteiger partial charge in [-0.2, -0.15) is 0 Å². The maximum Gasteiger partial charge on any atom is 0.0447 e. The van der Waals surface area contributed by atoms with Gasteiger partial charge in [0.15, 0.2) is 0 Å². The Hall–Kier alpha value is -0.540. The standard InChI is InChI=1S/C10H14BrNO/c1-8-9(11)4-2-5-10(8)12-6-3-7-13/h2,4-5,12-13H,3,6-7H2,1H3. The summed E-state index contributed by atoms with van der Waals surface area (Å²) in [5.41, 5.74) is 2.34. The summed E-state index contributed by atoms with van der Waals surface area (Å²) < 4.78 is 1.11. The second-order valence-electron chi connectivity index (χ2n) is 2.92. The van der Waals surface area contributed by atoms with Gasteiger partial charge >= 0.3 is 0 Å². The van der Waals surface area contributed by atoms with Crippen LogP contribution in [0.4, 0.5) is 5.69 Å². The molecule has 0 saturated carbocycles. The third-order valence-corrected chi connectivity index (χ3v) is 2.78. The van der Waals surface area contributed by atoms with Crippen LogP contribution in [0.15, 0.2) is 22.7 Å². The first-order valence-corrected chi connectivity index (χ1v) is 5.15. The largest absolute Gasteiger partial charge is 0.396 e. The highest BCUT2D eigenvalue weighted by Gasteiger charge is 1.99. The molecule has 0 heterocycles. The monoisotopic (exact) mass is 243 g/mol. The van der Waals surface area contributed by atoms with Gasteiger partial charge in [0.1, 0.15) is 0 Å². The van der Waals surface area contributed by atoms with Crippen LogP contribution in [0.1, 0.15) is 12.0 Å². The molecule has 0 atom stereocenters. The van der Waals surface area contributed by atoms with Crippen molar-refractivity contribution in [3.8, 4) is 0 Å². The Morgan fingerprint density at radius 2 is 2.23 bits per heavy atom. The number of halogens is 1. The van der Waals surface area contributed by atoms with Crippen LogP contribution in [-0.4, -0.2) is 18.3 Å². The average Bonchev–Trinajstić information content (AvgIpc) is 2.13. The first-order chi connectivity index (χ1) is 6.25. The van der Waals surface area contributed by atoms with Gasteiger partial charge in [0.05, 0.1) is 0 Å².